The lowest BCUT2D eigenvalue weighted by Gasteiger charge is -2.26. The maximum absolute atomic E-state index is 6.42. The van der Waals surface area contributed by atoms with Gasteiger partial charge in [-0.15, -0.1) is 0 Å². The van der Waals surface area contributed by atoms with Crippen molar-refractivity contribution in [3.63, 3.8) is 0 Å². The molecular weight excluding hydrogens is 789 g/mol. The van der Waals surface area contributed by atoms with Crippen molar-refractivity contribution in [1.82, 2.24) is 4.57 Å². The van der Waals surface area contributed by atoms with Gasteiger partial charge in [-0.25, -0.2) is 0 Å². The van der Waals surface area contributed by atoms with Gasteiger partial charge in [-0.3, -0.25) is 0 Å². The lowest BCUT2D eigenvalue weighted by Crippen LogP contribution is -2.09. The smallest absolute Gasteiger partial charge is 0.137 e. The Labute approximate surface area is 376 Å². The fraction of sp³-hybridized carbons (Fsp3) is 0. The number of fused-ring (bicyclic) bond motifs is 9. The summed E-state index contributed by atoms with van der Waals surface area (Å²) in [5.74, 6) is 0. The zero-order valence-electron chi connectivity index (χ0n) is 35.4. The number of anilines is 3. The highest BCUT2D eigenvalue weighted by molar-refractivity contribution is 6.14. The van der Waals surface area contributed by atoms with Crippen molar-refractivity contribution < 1.29 is 4.42 Å². The van der Waals surface area contributed by atoms with Crippen LogP contribution < -0.4 is 4.90 Å². The van der Waals surface area contributed by atoms with Crippen molar-refractivity contribution in [2.24, 2.45) is 0 Å². The average Bonchev–Trinajstić information content (AvgIpc) is 3.92. The summed E-state index contributed by atoms with van der Waals surface area (Å²) < 4.78 is 8.83. The molecule has 65 heavy (non-hydrogen) atoms. The zero-order chi connectivity index (χ0) is 42.8. The van der Waals surface area contributed by atoms with Crippen molar-refractivity contribution >= 4 is 82.4 Å². The van der Waals surface area contributed by atoms with Gasteiger partial charge in [-0.05, 0) is 116 Å². The summed E-state index contributed by atoms with van der Waals surface area (Å²) in [4.78, 5) is 2.33. The average molecular weight is 829 g/mol. The Bertz CT molecular complexity index is 3880. The molecule has 2 aromatic heterocycles. The van der Waals surface area contributed by atoms with E-state index >= 15 is 0 Å². The first-order valence-corrected chi connectivity index (χ1v) is 22.2. The van der Waals surface area contributed by atoms with Crippen molar-refractivity contribution in [3.8, 4) is 39.1 Å². The molecule has 3 heteroatoms. The van der Waals surface area contributed by atoms with E-state index in [0.29, 0.717) is 0 Å². The monoisotopic (exact) mass is 828 g/mol. The highest BCUT2D eigenvalue weighted by Crippen LogP contribution is 2.42. The molecule has 0 aliphatic heterocycles. The third kappa shape index (κ3) is 6.12. The second kappa shape index (κ2) is 15.0. The molecule has 0 radical (unpaired) electrons. The van der Waals surface area contributed by atoms with Gasteiger partial charge in [0.2, 0.25) is 0 Å². The van der Waals surface area contributed by atoms with Crippen LogP contribution in [0.4, 0.5) is 17.1 Å². The molecule has 0 amide bonds. The van der Waals surface area contributed by atoms with E-state index in [4.69, 9.17) is 4.42 Å². The number of nitrogens with zero attached hydrogens (tertiary/aromatic N) is 2. The van der Waals surface area contributed by atoms with Gasteiger partial charge >= 0.3 is 0 Å². The Kier molecular flexibility index (Phi) is 8.53. The van der Waals surface area contributed by atoms with E-state index in [9.17, 15) is 0 Å². The van der Waals surface area contributed by atoms with E-state index in [2.05, 4.69) is 240 Å². The van der Waals surface area contributed by atoms with Gasteiger partial charge in [0.15, 0.2) is 0 Å². The molecule has 0 unspecified atom stereocenters. The molecule has 3 nitrogen and oxygen atoms in total. The van der Waals surface area contributed by atoms with Crippen molar-refractivity contribution in [2.45, 2.75) is 0 Å². The third-order valence-corrected chi connectivity index (χ3v) is 13.2. The van der Waals surface area contributed by atoms with Crippen LogP contribution in [0, 0.1) is 0 Å². The van der Waals surface area contributed by atoms with Gasteiger partial charge in [0, 0.05) is 50.2 Å². The van der Waals surface area contributed by atoms with E-state index in [1.54, 1.807) is 0 Å². The maximum Gasteiger partial charge on any atom is 0.137 e. The molecule has 304 valence electrons. The molecule has 2 heterocycles. The highest BCUT2D eigenvalue weighted by atomic mass is 16.3. The number of hydrogen-bond acceptors (Lipinski definition) is 2. The summed E-state index contributed by atoms with van der Waals surface area (Å²) in [6.07, 6.45) is 0. The Balaban J connectivity index is 0.870. The fourth-order valence-corrected chi connectivity index (χ4v) is 10.1. The molecule has 0 aliphatic carbocycles. The van der Waals surface area contributed by atoms with Crippen LogP contribution in [0.3, 0.4) is 0 Å². The molecule has 13 rings (SSSR count). The normalized spacial score (nSPS) is 11.7. The van der Waals surface area contributed by atoms with Gasteiger partial charge in [0.05, 0.1) is 16.7 Å². The molecule has 0 aliphatic rings. The first kappa shape index (κ1) is 36.9. The first-order chi connectivity index (χ1) is 32.2. The Hall–Kier alpha value is -8.66. The number of benzene rings is 11. The molecule has 0 N–H and O–H groups in total. The topological polar surface area (TPSA) is 21.3 Å². The van der Waals surface area contributed by atoms with E-state index < -0.39 is 0 Å². The maximum atomic E-state index is 6.42. The van der Waals surface area contributed by atoms with E-state index in [0.717, 1.165) is 50.1 Å². The van der Waals surface area contributed by atoms with Gasteiger partial charge in [-0.1, -0.05) is 170 Å². The van der Waals surface area contributed by atoms with Gasteiger partial charge in [0.25, 0.3) is 0 Å². The van der Waals surface area contributed by atoms with Crippen LogP contribution in [-0.2, 0) is 0 Å². The predicted octanol–water partition coefficient (Wildman–Crippen LogP) is 17.5. The standard InChI is InChI=1S/C62H40N2O/c1-2-14-49-45(13-1)39-57(52-17-4-3-16-51(49)52)44-31-35-47(36-32-44)63(48-37-38-56-55-20-8-12-24-61(55)65-62(56)40-48)46-33-29-42(30-34-46)41-25-27-43(28-26-41)50-15-5-9-21-58(50)64-59-22-10-6-18-53(59)54-19-7-11-23-60(54)64/h1-40H. The van der Waals surface area contributed by atoms with Gasteiger partial charge in [-0.2, -0.15) is 0 Å². The largest absolute Gasteiger partial charge is 0.456 e. The molecule has 11 aromatic carbocycles. The number of furan rings is 1. The summed E-state index contributed by atoms with van der Waals surface area (Å²) >= 11 is 0. The Morgan fingerprint density at radius 3 is 1.48 bits per heavy atom. The molecule has 0 saturated heterocycles. The van der Waals surface area contributed by atoms with Crippen molar-refractivity contribution in [2.75, 3.05) is 4.90 Å². The zero-order valence-corrected chi connectivity index (χ0v) is 35.4. The molecule has 0 fully saturated rings. The minimum Gasteiger partial charge on any atom is -0.456 e. The minimum atomic E-state index is 0.865. The highest BCUT2D eigenvalue weighted by Gasteiger charge is 2.18. The van der Waals surface area contributed by atoms with Crippen molar-refractivity contribution in [3.05, 3.63) is 243 Å². The molecule has 13 aromatic rings. The molecule has 0 spiro atoms. The van der Waals surface area contributed by atoms with Crippen LogP contribution >= 0.6 is 0 Å². The number of hydrogen-bond donors (Lipinski definition) is 0. The second-order valence-electron chi connectivity index (χ2n) is 16.9. The summed E-state index contributed by atoms with van der Waals surface area (Å²) in [7, 11) is 0. The van der Waals surface area contributed by atoms with E-state index in [-0.39, 0.29) is 0 Å². The van der Waals surface area contributed by atoms with Crippen LogP contribution in [0.1, 0.15) is 0 Å². The van der Waals surface area contributed by atoms with Crippen LogP contribution in [0.25, 0.3) is 104 Å². The van der Waals surface area contributed by atoms with Gasteiger partial charge < -0.3 is 13.9 Å². The molecule has 0 atom stereocenters. The lowest BCUT2D eigenvalue weighted by atomic mass is 9.93. The first-order valence-electron chi connectivity index (χ1n) is 22.2. The van der Waals surface area contributed by atoms with Crippen LogP contribution in [0.2, 0.25) is 0 Å². The summed E-state index contributed by atoms with van der Waals surface area (Å²) in [6, 6.07) is 87.6. The molecular formula is C62H40N2O. The predicted molar refractivity (Wildman–Crippen MR) is 274 cm³/mol. The Morgan fingerprint density at radius 1 is 0.292 bits per heavy atom. The summed E-state index contributed by atoms with van der Waals surface area (Å²) in [6.45, 7) is 0. The number of rotatable bonds is 7. The van der Waals surface area contributed by atoms with Crippen LogP contribution in [0.5, 0.6) is 0 Å². The van der Waals surface area contributed by atoms with Gasteiger partial charge in [0.1, 0.15) is 11.2 Å². The molecule has 0 bridgehead atoms. The quantitative estimate of drug-likeness (QED) is 0.149. The van der Waals surface area contributed by atoms with Crippen LogP contribution in [-0.4, -0.2) is 4.57 Å². The number of para-hydroxylation sites is 4. The SMILES string of the molecule is c1ccc(-n2c3ccccc3c3ccccc32)c(-c2ccc(-c3ccc(N(c4ccc(-c5cc6ccccc6c6ccccc56)cc4)c4ccc5c(c4)oc4ccccc45)cc3)cc2)c1. The van der Waals surface area contributed by atoms with Crippen LogP contribution in [0.15, 0.2) is 247 Å². The minimum absolute atomic E-state index is 0.865. The van der Waals surface area contributed by atoms with E-state index in [1.807, 2.05) is 12.1 Å². The number of aromatic nitrogens is 1. The second-order valence-corrected chi connectivity index (χ2v) is 16.9. The van der Waals surface area contributed by atoms with E-state index in [1.165, 1.54) is 71.3 Å². The summed E-state index contributed by atoms with van der Waals surface area (Å²) in [5, 5.41) is 9.79. The lowest BCUT2D eigenvalue weighted by molar-refractivity contribution is 0.669. The van der Waals surface area contributed by atoms with Crippen molar-refractivity contribution in [1.29, 1.82) is 0 Å². The Morgan fingerprint density at radius 2 is 0.769 bits per heavy atom. The molecule has 0 saturated carbocycles. The third-order valence-electron chi connectivity index (χ3n) is 13.2. The summed E-state index contributed by atoms with van der Waals surface area (Å²) in [5.41, 5.74) is 15.6. The fourth-order valence-electron chi connectivity index (χ4n) is 10.1.